The van der Waals surface area contributed by atoms with Crippen molar-refractivity contribution < 1.29 is 0 Å². The maximum absolute atomic E-state index is 3.75. The van der Waals surface area contributed by atoms with Gasteiger partial charge in [-0.15, -0.1) is 0 Å². The van der Waals surface area contributed by atoms with E-state index in [0.717, 1.165) is 0 Å². The number of benzene rings is 1. The molecule has 1 aromatic carbocycles. The standard InChI is InChI=1S/C20H28/c1-8-9-11-16(4)19(15(2)3)17-12-10-13-18(14-17)20(5,6)7/h8-15H,1H2,2-7H3/b11-9-,19-16-. The molecule has 0 aromatic heterocycles. The molecular formula is C20H28. The molecule has 0 saturated heterocycles. The van der Waals surface area contributed by atoms with Crippen LogP contribution < -0.4 is 0 Å². The molecule has 0 amide bonds. The molecule has 0 radical (unpaired) electrons. The molecule has 108 valence electrons. The average molecular weight is 268 g/mol. The van der Waals surface area contributed by atoms with Gasteiger partial charge in [0.25, 0.3) is 0 Å². The third-order valence-corrected chi connectivity index (χ3v) is 3.52. The normalized spacial score (nSPS) is 13.8. The van der Waals surface area contributed by atoms with Gasteiger partial charge in [0.15, 0.2) is 0 Å². The molecule has 1 rings (SSSR count). The first-order valence-electron chi connectivity index (χ1n) is 7.38. The molecule has 0 atom stereocenters. The predicted octanol–water partition coefficient (Wildman–Crippen LogP) is 6.16. The summed E-state index contributed by atoms with van der Waals surface area (Å²) in [6.45, 7) is 17.2. The molecule has 1 aromatic rings. The summed E-state index contributed by atoms with van der Waals surface area (Å²) in [5.41, 5.74) is 5.62. The fourth-order valence-electron chi connectivity index (χ4n) is 2.47. The van der Waals surface area contributed by atoms with Crippen molar-refractivity contribution in [2.45, 2.75) is 47.0 Å². The third kappa shape index (κ3) is 4.23. The Hall–Kier alpha value is -1.56. The first kappa shape index (κ1) is 16.5. The molecular weight excluding hydrogens is 240 g/mol. The van der Waals surface area contributed by atoms with Crippen LogP contribution in [0.25, 0.3) is 5.57 Å². The molecule has 0 N–H and O–H groups in total. The zero-order valence-corrected chi connectivity index (χ0v) is 13.8. The minimum atomic E-state index is 0.183. The van der Waals surface area contributed by atoms with E-state index in [1.54, 1.807) is 0 Å². The summed E-state index contributed by atoms with van der Waals surface area (Å²) in [5.74, 6) is 0.500. The Morgan fingerprint density at radius 1 is 1.20 bits per heavy atom. The van der Waals surface area contributed by atoms with Crippen LogP contribution in [0.2, 0.25) is 0 Å². The lowest BCUT2D eigenvalue weighted by molar-refractivity contribution is 0.590. The second kappa shape index (κ2) is 6.74. The van der Waals surface area contributed by atoms with Crippen molar-refractivity contribution in [2.24, 2.45) is 5.92 Å². The van der Waals surface area contributed by atoms with Crippen molar-refractivity contribution in [3.63, 3.8) is 0 Å². The highest BCUT2D eigenvalue weighted by Crippen LogP contribution is 2.31. The molecule has 0 spiro atoms. The smallest absolute Gasteiger partial charge is 0.0132 e. The van der Waals surface area contributed by atoms with E-state index in [0.29, 0.717) is 5.92 Å². The number of hydrogen-bond acceptors (Lipinski definition) is 0. The molecule has 0 aliphatic heterocycles. The summed E-state index contributed by atoms with van der Waals surface area (Å²) in [7, 11) is 0. The second-order valence-electron chi connectivity index (χ2n) is 6.68. The molecule has 0 bridgehead atoms. The molecule has 0 heterocycles. The van der Waals surface area contributed by atoms with Gasteiger partial charge in [-0.25, -0.2) is 0 Å². The molecule has 20 heavy (non-hydrogen) atoms. The van der Waals surface area contributed by atoms with Gasteiger partial charge in [0.05, 0.1) is 0 Å². The van der Waals surface area contributed by atoms with E-state index < -0.39 is 0 Å². The Morgan fingerprint density at radius 2 is 1.85 bits per heavy atom. The van der Waals surface area contributed by atoms with Crippen molar-refractivity contribution in [3.8, 4) is 0 Å². The van der Waals surface area contributed by atoms with Crippen LogP contribution in [0.15, 0.2) is 54.6 Å². The number of rotatable bonds is 4. The van der Waals surface area contributed by atoms with Crippen LogP contribution in [0.5, 0.6) is 0 Å². The Kier molecular flexibility index (Phi) is 5.56. The Morgan fingerprint density at radius 3 is 2.35 bits per heavy atom. The van der Waals surface area contributed by atoms with Crippen LogP contribution in [-0.2, 0) is 5.41 Å². The molecule has 0 unspecified atom stereocenters. The van der Waals surface area contributed by atoms with Gasteiger partial charge >= 0.3 is 0 Å². The van der Waals surface area contributed by atoms with Gasteiger partial charge in [-0.2, -0.15) is 0 Å². The summed E-state index contributed by atoms with van der Waals surface area (Å²) in [4.78, 5) is 0. The minimum Gasteiger partial charge on any atom is -0.0991 e. The van der Waals surface area contributed by atoms with E-state index in [1.165, 1.54) is 22.3 Å². The van der Waals surface area contributed by atoms with Crippen molar-refractivity contribution in [1.82, 2.24) is 0 Å². The quantitative estimate of drug-likeness (QED) is 0.574. The maximum atomic E-state index is 3.75. The van der Waals surface area contributed by atoms with E-state index >= 15 is 0 Å². The maximum Gasteiger partial charge on any atom is -0.0132 e. The van der Waals surface area contributed by atoms with Gasteiger partial charge in [0.1, 0.15) is 0 Å². The largest absolute Gasteiger partial charge is 0.0991 e. The van der Waals surface area contributed by atoms with Gasteiger partial charge in [0, 0.05) is 0 Å². The molecule has 0 heteroatoms. The lowest BCUT2D eigenvalue weighted by Gasteiger charge is -2.22. The van der Waals surface area contributed by atoms with Crippen LogP contribution >= 0.6 is 0 Å². The SMILES string of the molecule is C=C/C=C\C(C)=C(/c1cccc(C(C)(C)C)c1)C(C)C. The Bertz CT molecular complexity index is 519. The monoisotopic (exact) mass is 268 g/mol. The van der Waals surface area contributed by atoms with E-state index in [4.69, 9.17) is 0 Å². The lowest BCUT2D eigenvalue weighted by Crippen LogP contribution is -2.11. The fraction of sp³-hybridized carbons (Fsp3) is 0.400. The Balaban J connectivity index is 3.37. The first-order valence-corrected chi connectivity index (χ1v) is 7.38. The van der Waals surface area contributed by atoms with E-state index in [-0.39, 0.29) is 5.41 Å². The zero-order valence-electron chi connectivity index (χ0n) is 13.8. The molecule has 0 saturated carbocycles. The van der Waals surface area contributed by atoms with Crippen molar-refractivity contribution in [2.75, 3.05) is 0 Å². The summed E-state index contributed by atoms with van der Waals surface area (Å²) >= 11 is 0. The molecule has 0 nitrogen and oxygen atoms in total. The predicted molar refractivity (Wildman–Crippen MR) is 91.9 cm³/mol. The van der Waals surface area contributed by atoms with Crippen LogP contribution in [0.3, 0.4) is 0 Å². The summed E-state index contributed by atoms with van der Waals surface area (Å²) < 4.78 is 0. The highest BCUT2D eigenvalue weighted by Gasteiger charge is 2.16. The molecule has 0 aliphatic rings. The van der Waals surface area contributed by atoms with Crippen LogP contribution in [-0.4, -0.2) is 0 Å². The molecule has 0 fully saturated rings. The van der Waals surface area contributed by atoms with Gasteiger partial charge < -0.3 is 0 Å². The minimum absolute atomic E-state index is 0.183. The van der Waals surface area contributed by atoms with E-state index in [2.05, 4.69) is 78.5 Å². The fourth-order valence-corrected chi connectivity index (χ4v) is 2.47. The number of allylic oxidation sites excluding steroid dienone is 5. The Labute approximate surface area is 124 Å². The molecule has 0 aliphatic carbocycles. The lowest BCUT2D eigenvalue weighted by atomic mass is 9.83. The average Bonchev–Trinajstić information content (AvgIpc) is 2.35. The van der Waals surface area contributed by atoms with Gasteiger partial charge in [-0.1, -0.05) is 83.7 Å². The van der Waals surface area contributed by atoms with E-state index in [9.17, 15) is 0 Å². The van der Waals surface area contributed by atoms with Crippen molar-refractivity contribution in [1.29, 1.82) is 0 Å². The number of hydrogen-bond donors (Lipinski definition) is 0. The topological polar surface area (TPSA) is 0 Å². The highest BCUT2D eigenvalue weighted by molar-refractivity contribution is 5.72. The van der Waals surface area contributed by atoms with Gasteiger partial charge in [-0.3, -0.25) is 0 Å². The third-order valence-electron chi connectivity index (χ3n) is 3.52. The summed E-state index contributed by atoms with van der Waals surface area (Å²) in [6, 6.07) is 8.94. The van der Waals surface area contributed by atoms with Gasteiger partial charge in [0.2, 0.25) is 0 Å². The first-order chi connectivity index (χ1) is 9.27. The highest BCUT2D eigenvalue weighted by atomic mass is 14.2. The van der Waals surface area contributed by atoms with Crippen LogP contribution in [0, 0.1) is 5.92 Å². The van der Waals surface area contributed by atoms with Crippen molar-refractivity contribution >= 4 is 5.57 Å². The zero-order chi connectivity index (χ0) is 15.3. The van der Waals surface area contributed by atoms with Crippen LogP contribution in [0.4, 0.5) is 0 Å². The summed E-state index contributed by atoms with van der Waals surface area (Å²) in [5, 5.41) is 0. The van der Waals surface area contributed by atoms with E-state index in [1.807, 2.05) is 12.2 Å². The van der Waals surface area contributed by atoms with Crippen LogP contribution in [0.1, 0.15) is 52.7 Å². The summed E-state index contributed by atoms with van der Waals surface area (Å²) in [6.07, 6.45) is 5.98. The second-order valence-corrected chi connectivity index (χ2v) is 6.68. The van der Waals surface area contributed by atoms with Crippen molar-refractivity contribution in [3.05, 3.63) is 65.8 Å². The van der Waals surface area contributed by atoms with Gasteiger partial charge in [-0.05, 0) is 40.5 Å².